The summed E-state index contributed by atoms with van der Waals surface area (Å²) in [5.74, 6) is -0.664. The second-order valence-corrected chi connectivity index (χ2v) is 6.12. The Morgan fingerprint density at radius 1 is 1.58 bits per heavy atom. The van der Waals surface area contributed by atoms with Crippen LogP contribution in [-0.2, 0) is 14.9 Å². The van der Waals surface area contributed by atoms with Crippen LogP contribution in [0.15, 0.2) is 23.4 Å². The summed E-state index contributed by atoms with van der Waals surface area (Å²) >= 11 is 0. The van der Waals surface area contributed by atoms with Crippen LogP contribution in [0, 0.1) is 5.82 Å². The molecule has 1 atom stereocenters. The minimum Gasteiger partial charge on any atom is -0.442 e. The molecule has 1 saturated heterocycles. The van der Waals surface area contributed by atoms with Gasteiger partial charge in [-0.1, -0.05) is 6.07 Å². The second kappa shape index (κ2) is 6.10. The average molecular weight is 335 g/mol. The quantitative estimate of drug-likeness (QED) is 0.487. The summed E-state index contributed by atoms with van der Waals surface area (Å²) in [4.78, 5) is 24.2. The fraction of sp³-hybridized carbons (Fsp3) is 0.438. The number of carbonyl (C=O) groups excluding carboxylic acids is 2. The molecule has 1 aliphatic heterocycles. The predicted octanol–water partition coefficient (Wildman–Crippen LogP) is 1.78. The SMILES string of the molecule is CC(=O)NC[C@H]1CN(c2ccc(C3(C=NO)CC3)c(F)c2)C(=O)O1. The molecule has 2 aliphatic rings. The van der Waals surface area contributed by atoms with Crippen LogP contribution in [0.5, 0.6) is 0 Å². The highest BCUT2D eigenvalue weighted by Gasteiger charge is 2.45. The molecule has 128 valence electrons. The first-order valence-corrected chi connectivity index (χ1v) is 7.66. The molecule has 0 aromatic heterocycles. The van der Waals surface area contributed by atoms with E-state index in [4.69, 9.17) is 9.94 Å². The Balaban J connectivity index is 1.75. The third-order valence-corrected chi connectivity index (χ3v) is 4.35. The fourth-order valence-corrected chi connectivity index (χ4v) is 2.89. The minimum absolute atomic E-state index is 0.208. The Morgan fingerprint density at radius 2 is 2.33 bits per heavy atom. The second-order valence-electron chi connectivity index (χ2n) is 6.12. The van der Waals surface area contributed by atoms with E-state index in [-0.39, 0.29) is 19.0 Å². The zero-order valence-corrected chi connectivity index (χ0v) is 13.2. The first-order chi connectivity index (χ1) is 11.4. The molecule has 1 heterocycles. The van der Waals surface area contributed by atoms with Crippen LogP contribution in [0.1, 0.15) is 25.3 Å². The molecule has 1 aromatic carbocycles. The van der Waals surface area contributed by atoms with Crippen LogP contribution >= 0.6 is 0 Å². The lowest BCUT2D eigenvalue weighted by Crippen LogP contribution is -2.33. The predicted molar refractivity (Wildman–Crippen MR) is 83.9 cm³/mol. The van der Waals surface area contributed by atoms with Crippen molar-refractivity contribution in [3.8, 4) is 0 Å². The van der Waals surface area contributed by atoms with E-state index in [2.05, 4.69) is 10.5 Å². The van der Waals surface area contributed by atoms with Gasteiger partial charge in [0.05, 0.1) is 25.0 Å². The highest BCUT2D eigenvalue weighted by Crippen LogP contribution is 2.48. The number of hydrogen-bond acceptors (Lipinski definition) is 5. The standard InChI is InChI=1S/C16H18FN3O4/c1-10(21)18-7-12-8-20(15(22)24-12)11-2-3-13(14(17)6-11)16(4-5-16)9-19-23/h2-3,6,9,12,23H,4-5,7-8H2,1H3,(H,18,21)/t12-/m0/s1. The number of carbonyl (C=O) groups is 2. The first-order valence-electron chi connectivity index (χ1n) is 7.66. The molecule has 1 aromatic rings. The molecule has 0 radical (unpaired) electrons. The molecule has 7 nitrogen and oxygen atoms in total. The van der Waals surface area contributed by atoms with Gasteiger partial charge in [-0.15, -0.1) is 5.16 Å². The summed E-state index contributed by atoms with van der Waals surface area (Å²) in [7, 11) is 0. The van der Waals surface area contributed by atoms with Crippen molar-refractivity contribution in [1.29, 1.82) is 0 Å². The maximum Gasteiger partial charge on any atom is 0.414 e. The zero-order chi connectivity index (χ0) is 17.3. The topological polar surface area (TPSA) is 91.2 Å². The van der Waals surface area contributed by atoms with Gasteiger partial charge in [0.2, 0.25) is 5.91 Å². The average Bonchev–Trinajstić information content (AvgIpc) is 3.20. The fourth-order valence-electron chi connectivity index (χ4n) is 2.89. The number of nitrogens with zero attached hydrogens (tertiary/aromatic N) is 2. The van der Waals surface area contributed by atoms with E-state index in [0.29, 0.717) is 11.3 Å². The number of nitrogens with one attached hydrogen (secondary N) is 1. The van der Waals surface area contributed by atoms with E-state index in [9.17, 15) is 14.0 Å². The van der Waals surface area contributed by atoms with Gasteiger partial charge in [-0.3, -0.25) is 9.69 Å². The number of cyclic esters (lactones) is 1. The summed E-state index contributed by atoms with van der Waals surface area (Å²) in [5.41, 5.74) is 0.298. The molecular formula is C16H18FN3O4. The Labute approximate surface area is 138 Å². The Bertz CT molecular complexity index is 703. The van der Waals surface area contributed by atoms with Gasteiger partial charge in [0.25, 0.3) is 0 Å². The molecule has 2 fully saturated rings. The van der Waals surface area contributed by atoms with E-state index in [1.165, 1.54) is 24.1 Å². The highest BCUT2D eigenvalue weighted by atomic mass is 19.1. The smallest absolute Gasteiger partial charge is 0.414 e. The van der Waals surface area contributed by atoms with E-state index in [1.54, 1.807) is 12.1 Å². The minimum atomic E-state index is -0.574. The Hall–Kier alpha value is -2.64. The normalized spacial score (nSPS) is 21.8. The lowest BCUT2D eigenvalue weighted by molar-refractivity contribution is -0.119. The third-order valence-electron chi connectivity index (χ3n) is 4.35. The monoisotopic (exact) mass is 335 g/mol. The van der Waals surface area contributed by atoms with Gasteiger partial charge in [-0.05, 0) is 30.5 Å². The van der Waals surface area contributed by atoms with Crippen molar-refractivity contribution >= 4 is 23.9 Å². The van der Waals surface area contributed by atoms with Gasteiger partial charge in [-0.25, -0.2) is 9.18 Å². The van der Waals surface area contributed by atoms with Gasteiger partial charge < -0.3 is 15.3 Å². The third kappa shape index (κ3) is 3.04. The van der Waals surface area contributed by atoms with Crippen LogP contribution in [0.25, 0.3) is 0 Å². The van der Waals surface area contributed by atoms with Crippen LogP contribution in [0.4, 0.5) is 14.9 Å². The van der Waals surface area contributed by atoms with E-state index >= 15 is 0 Å². The maximum atomic E-state index is 14.5. The van der Waals surface area contributed by atoms with Gasteiger partial charge in [-0.2, -0.15) is 0 Å². The highest BCUT2D eigenvalue weighted by molar-refractivity contribution is 5.90. The van der Waals surface area contributed by atoms with Gasteiger partial charge in [0.1, 0.15) is 11.9 Å². The van der Waals surface area contributed by atoms with Crippen molar-refractivity contribution in [2.75, 3.05) is 18.0 Å². The molecule has 24 heavy (non-hydrogen) atoms. The van der Waals surface area contributed by atoms with Crippen molar-refractivity contribution in [2.24, 2.45) is 5.16 Å². The number of rotatable bonds is 5. The lowest BCUT2D eigenvalue weighted by Gasteiger charge is -2.16. The van der Waals surface area contributed by atoms with Gasteiger partial charge >= 0.3 is 6.09 Å². The molecule has 0 bridgehead atoms. The van der Waals surface area contributed by atoms with Gasteiger partial charge in [0.15, 0.2) is 0 Å². The molecule has 0 spiro atoms. The van der Waals surface area contributed by atoms with Crippen LogP contribution < -0.4 is 10.2 Å². The summed E-state index contributed by atoms with van der Waals surface area (Å²) in [6.07, 6.45) is 1.74. The number of ether oxygens (including phenoxy) is 1. The molecule has 1 saturated carbocycles. The van der Waals surface area contributed by atoms with Crippen molar-refractivity contribution < 1.29 is 23.9 Å². The van der Waals surface area contributed by atoms with E-state index in [1.807, 2.05) is 0 Å². The number of anilines is 1. The number of hydrogen-bond donors (Lipinski definition) is 2. The van der Waals surface area contributed by atoms with E-state index < -0.39 is 23.4 Å². The van der Waals surface area contributed by atoms with Crippen LogP contribution in [0.3, 0.4) is 0 Å². The molecule has 2 N–H and O–H groups in total. The van der Waals surface area contributed by atoms with E-state index in [0.717, 1.165) is 12.8 Å². The van der Waals surface area contributed by atoms with Crippen molar-refractivity contribution in [3.63, 3.8) is 0 Å². The number of oxime groups is 1. The van der Waals surface area contributed by atoms with Crippen molar-refractivity contribution in [1.82, 2.24) is 5.32 Å². The Morgan fingerprint density at radius 3 is 2.92 bits per heavy atom. The molecule has 3 rings (SSSR count). The summed E-state index contributed by atoms with van der Waals surface area (Å²) in [6.45, 7) is 1.83. The molecule has 1 aliphatic carbocycles. The van der Waals surface area contributed by atoms with Crippen LogP contribution in [0.2, 0.25) is 0 Å². The number of halogens is 1. The molecule has 0 unspecified atom stereocenters. The van der Waals surface area contributed by atoms with Crippen molar-refractivity contribution in [3.05, 3.63) is 29.6 Å². The summed E-state index contributed by atoms with van der Waals surface area (Å²) in [5, 5.41) is 14.3. The summed E-state index contributed by atoms with van der Waals surface area (Å²) in [6, 6.07) is 4.53. The molecule has 2 amide bonds. The lowest BCUT2D eigenvalue weighted by atomic mass is 9.96. The number of benzene rings is 1. The molecular weight excluding hydrogens is 317 g/mol. The first kappa shape index (κ1) is 16.2. The zero-order valence-electron chi connectivity index (χ0n) is 13.2. The number of amides is 2. The van der Waals surface area contributed by atoms with Gasteiger partial charge in [0, 0.05) is 12.3 Å². The largest absolute Gasteiger partial charge is 0.442 e. The summed E-state index contributed by atoms with van der Waals surface area (Å²) < 4.78 is 19.6. The molecule has 8 heteroatoms. The Kier molecular flexibility index (Phi) is 4.13. The van der Waals surface area contributed by atoms with Crippen LogP contribution in [-0.4, -0.2) is 42.6 Å². The maximum absolute atomic E-state index is 14.5. The van der Waals surface area contributed by atoms with Crippen molar-refractivity contribution in [2.45, 2.75) is 31.3 Å².